The van der Waals surface area contributed by atoms with Crippen LogP contribution >= 0.6 is 0 Å². The van der Waals surface area contributed by atoms with Gasteiger partial charge >= 0.3 is 0 Å². The van der Waals surface area contributed by atoms with Crippen LogP contribution in [-0.4, -0.2) is 11.8 Å². The number of benzene rings is 3. The van der Waals surface area contributed by atoms with Crippen LogP contribution in [-0.2, 0) is 0 Å². The lowest BCUT2D eigenvalue weighted by atomic mass is 9.94. The minimum Gasteiger partial charge on any atom is -0.454 e. The fraction of sp³-hybridized carbons (Fsp3) is 0.0385. The number of aliphatic hydroxyl groups is 2. The molecule has 3 aromatic rings. The number of hydrogen-bond donors (Lipinski definition) is 0. The Labute approximate surface area is 163 Å². The Balaban J connectivity index is 1.78. The van der Waals surface area contributed by atoms with Crippen LogP contribution in [0.2, 0.25) is 0 Å². The smallest absolute Gasteiger partial charge is 0.130 e. The van der Waals surface area contributed by atoms with Crippen molar-refractivity contribution in [2.24, 2.45) is 0 Å². The summed E-state index contributed by atoms with van der Waals surface area (Å²) in [4.78, 5) is 12.9. The van der Waals surface area contributed by atoms with E-state index in [0.29, 0.717) is 0 Å². The largest absolute Gasteiger partial charge is 0.454 e. The third-order valence-electron chi connectivity index (χ3n) is 5.39. The van der Waals surface area contributed by atoms with Crippen molar-refractivity contribution in [3.63, 3.8) is 0 Å². The summed E-state index contributed by atoms with van der Waals surface area (Å²) in [6, 6.07) is 20.0. The lowest BCUT2D eigenvalue weighted by molar-refractivity contribution is 0.0633. The summed E-state index contributed by atoms with van der Waals surface area (Å²) in [7, 11) is 1.79. The van der Waals surface area contributed by atoms with Gasteiger partial charge in [-0.2, -0.15) is 12.2 Å². The zero-order valence-corrected chi connectivity index (χ0v) is 15.5. The highest BCUT2D eigenvalue weighted by molar-refractivity contribution is 6.07. The molecule has 0 fully saturated rings. The van der Waals surface area contributed by atoms with Crippen LogP contribution in [0, 0.1) is 6.10 Å². The van der Waals surface area contributed by atoms with Crippen LogP contribution in [0.1, 0.15) is 16.7 Å². The number of ether oxygens (including phenoxy) is 1. The van der Waals surface area contributed by atoms with Gasteiger partial charge in [0.15, 0.2) is 0 Å². The molecule has 0 amide bonds. The van der Waals surface area contributed by atoms with Crippen molar-refractivity contribution >= 4 is 21.9 Å². The van der Waals surface area contributed by atoms with E-state index >= 15 is 0 Å². The predicted molar refractivity (Wildman–Crippen MR) is 116 cm³/mol. The normalized spacial score (nSPS) is 15.3. The molecule has 0 saturated heterocycles. The van der Waals surface area contributed by atoms with Gasteiger partial charge in [-0.1, -0.05) is 53.9 Å². The highest BCUT2D eigenvalue weighted by Gasteiger charge is 2.20. The van der Waals surface area contributed by atoms with Crippen molar-refractivity contribution in [1.29, 1.82) is 0 Å². The minimum atomic E-state index is 0.0566. The first-order chi connectivity index (χ1) is 13.8. The average molecular weight is 363 g/mol. The fourth-order valence-corrected chi connectivity index (χ4v) is 4.02. The van der Waals surface area contributed by atoms with E-state index in [4.69, 9.17) is 0 Å². The molecule has 0 saturated carbocycles. The molecule has 0 bridgehead atoms. The van der Waals surface area contributed by atoms with Crippen LogP contribution in [0.25, 0.3) is 21.9 Å². The molecule has 2 aliphatic rings. The van der Waals surface area contributed by atoms with Gasteiger partial charge in [-0.05, 0) is 27.8 Å². The molecule has 136 valence electrons. The molecule has 0 unspecified atom stereocenters. The first kappa shape index (κ1) is 16.7. The number of fused-ring (bicyclic) bond motifs is 2. The maximum Gasteiger partial charge on any atom is 0.130 e. The Kier molecular flexibility index (Phi) is 3.92. The first-order valence-electron chi connectivity index (χ1n) is 9.34. The molecule has 2 heteroatoms. The predicted octanol–water partition coefficient (Wildman–Crippen LogP) is 4.93. The van der Waals surface area contributed by atoms with Crippen molar-refractivity contribution in [3.8, 4) is 0 Å². The van der Waals surface area contributed by atoms with Crippen LogP contribution in [0.3, 0.4) is 0 Å². The minimum absolute atomic E-state index is 0.0566. The third-order valence-corrected chi connectivity index (χ3v) is 5.39. The van der Waals surface area contributed by atoms with Gasteiger partial charge in [0.2, 0.25) is 0 Å². The Morgan fingerprint density at radius 1 is 0.857 bits per heavy atom. The monoisotopic (exact) mass is 363 g/mol. The van der Waals surface area contributed by atoms with Gasteiger partial charge < -0.3 is 9.53 Å². The van der Waals surface area contributed by atoms with Crippen molar-refractivity contribution in [2.45, 2.75) is 0 Å². The zero-order chi connectivity index (χ0) is 19.1. The first-order valence-corrected chi connectivity index (χ1v) is 9.34. The standard InChI is InChI=1S/C26H19O2/c1-28-19-13-10-18(11-14-19)23-16-24(22-9-5-4-8-21(22)23)26-20-7-3-2-6-17(20)12-15-25(26)27/h2-16,28H,1H3/q-1. The van der Waals surface area contributed by atoms with E-state index in [1.807, 2.05) is 48.6 Å². The van der Waals surface area contributed by atoms with Crippen LogP contribution < -0.4 is 5.43 Å². The Bertz CT molecular complexity index is 1250. The van der Waals surface area contributed by atoms with E-state index in [9.17, 15) is 4.79 Å². The van der Waals surface area contributed by atoms with Crippen molar-refractivity contribution < 1.29 is 4.74 Å². The van der Waals surface area contributed by atoms with Crippen molar-refractivity contribution in [3.05, 3.63) is 130 Å². The zero-order valence-electron chi connectivity index (χ0n) is 15.5. The lowest BCUT2D eigenvalue weighted by Crippen LogP contribution is -2.07. The van der Waals surface area contributed by atoms with Crippen LogP contribution in [0.15, 0.2) is 101 Å². The second-order valence-corrected chi connectivity index (χ2v) is 6.95. The molecule has 3 aromatic carbocycles. The summed E-state index contributed by atoms with van der Waals surface area (Å²) in [6.45, 7) is 0. The highest BCUT2D eigenvalue weighted by atomic mass is 16.5. The second kappa shape index (κ2) is 6.59. The van der Waals surface area contributed by atoms with Gasteiger partial charge in [-0.25, -0.2) is 0 Å². The molecule has 1 N–H and O–H groups in total. The van der Waals surface area contributed by atoms with Gasteiger partial charge in [-0.15, -0.1) is 41.3 Å². The summed E-state index contributed by atoms with van der Waals surface area (Å²) < 4.78 is 4.22. The van der Waals surface area contributed by atoms with Gasteiger partial charge in [0.1, 0.15) is 18.6 Å². The molecule has 0 heterocycles. The molecular formula is C26H19O2-. The summed E-state index contributed by atoms with van der Waals surface area (Å²) in [5, 5.41) is 2.08. The molecule has 0 atom stereocenters. The molecular weight excluding hydrogens is 344 g/mol. The molecule has 28 heavy (non-hydrogen) atoms. The maximum atomic E-state index is 12.9. The molecule has 2 aliphatic carbocycles. The van der Waals surface area contributed by atoms with E-state index in [-0.39, 0.29) is 5.43 Å². The molecule has 0 aromatic heterocycles. The topological polar surface area (TPSA) is 29.9 Å². The van der Waals surface area contributed by atoms with E-state index in [1.54, 1.807) is 13.2 Å². The quantitative estimate of drug-likeness (QED) is 0.469. The summed E-state index contributed by atoms with van der Waals surface area (Å²) in [5.41, 5.74) is 6.36. The van der Waals surface area contributed by atoms with E-state index in [0.717, 1.165) is 50.3 Å². The van der Waals surface area contributed by atoms with E-state index < -0.39 is 0 Å². The number of hydrogen-bond acceptors (Lipinski definition) is 1. The Morgan fingerprint density at radius 3 is 2.39 bits per heavy atom. The lowest BCUT2D eigenvalue weighted by Gasteiger charge is -2.17. The Morgan fingerprint density at radius 2 is 1.61 bits per heavy atom. The number of allylic oxidation sites excluding steroid dienone is 5. The molecule has 0 radical (unpaired) electrons. The third kappa shape index (κ3) is 2.58. The fourth-order valence-electron chi connectivity index (χ4n) is 4.02. The summed E-state index contributed by atoms with van der Waals surface area (Å²) >= 11 is 0. The molecule has 5 rings (SSSR count). The van der Waals surface area contributed by atoms with Gasteiger partial charge in [0.05, 0.1) is 0 Å². The average Bonchev–Trinajstić information content (AvgIpc) is 3.13. The van der Waals surface area contributed by atoms with Crippen LogP contribution in [0.5, 0.6) is 0 Å². The molecule has 0 spiro atoms. The van der Waals surface area contributed by atoms with Crippen molar-refractivity contribution in [2.75, 3.05) is 7.11 Å². The molecule has 0 aliphatic heterocycles. The maximum absolute atomic E-state index is 12.9. The SMILES string of the molecule is C[OH+][C-]1C=CC(=C2C=C(c3c(=O)cc[c-]4ccccc34)c3ccccc32)C=C1. The van der Waals surface area contributed by atoms with E-state index in [1.165, 1.54) is 0 Å². The van der Waals surface area contributed by atoms with Gasteiger partial charge in [0, 0.05) is 0 Å². The van der Waals surface area contributed by atoms with Gasteiger partial charge in [0.25, 0.3) is 0 Å². The second-order valence-electron chi connectivity index (χ2n) is 6.95. The summed E-state index contributed by atoms with van der Waals surface area (Å²) in [5.74, 6) is 0. The van der Waals surface area contributed by atoms with Crippen molar-refractivity contribution in [1.82, 2.24) is 0 Å². The highest BCUT2D eigenvalue weighted by Crippen LogP contribution is 2.42. The van der Waals surface area contributed by atoms with E-state index in [2.05, 4.69) is 41.2 Å². The molecule has 2 nitrogen and oxygen atoms in total. The van der Waals surface area contributed by atoms with Gasteiger partial charge in [-0.3, -0.25) is 0 Å². The number of rotatable bonds is 2. The summed E-state index contributed by atoms with van der Waals surface area (Å²) in [6.07, 6.45) is 11.3. The van der Waals surface area contributed by atoms with Crippen LogP contribution in [0.4, 0.5) is 0 Å². The Hall–Kier alpha value is -3.49.